The second-order valence-corrected chi connectivity index (χ2v) is 6.38. The van der Waals surface area contributed by atoms with Crippen LogP contribution in [0.25, 0.3) is 0 Å². The summed E-state index contributed by atoms with van der Waals surface area (Å²) in [4.78, 5) is 44.1. The van der Waals surface area contributed by atoms with Crippen LogP contribution in [0.5, 0.6) is 0 Å². The highest BCUT2D eigenvalue weighted by Gasteiger charge is 2.33. The molecule has 2 aliphatic heterocycles. The SMILES string of the molecule is CN(C)CCN1CCC[C@H](NC(=O)ON2C(=O)CCC2=O)CC1. The van der Waals surface area contributed by atoms with Crippen molar-refractivity contribution in [3.8, 4) is 0 Å². The number of carbonyl (C=O) groups is 3. The predicted octanol–water partition coefficient (Wildman–Crippen LogP) is 0.193. The quantitative estimate of drug-likeness (QED) is 0.727. The Labute approximate surface area is 136 Å². The molecule has 23 heavy (non-hydrogen) atoms. The Bertz CT molecular complexity index is 439. The maximum Gasteiger partial charge on any atom is 0.432 e. The van der Waals surface area contributed by atoms with E-state index < -0.39 is 17.9 Å². The third kappa shape index (κ3) is 5.47. The number of nitrogens with zero attached hydrogens (tertiary/aromatic N) is 3. The van der Waals surface area contributed by atoms with Crippen molar-refractivity contribution in [2.24, 2.45) is 0 Å². The van der Waals surface area contributed by atoms with E-state index in [4.69, 9.17) is 4.84 Å². The second-order valence-electron chi connectivity index (χ2n) is 6.38. The first kappa shape index (κ1) is 17.7. The zero-order chi connectivity index (χ0) is 16.8. The molecule has 2 fully saturated rings. The minimum absolute atomic E-state index is 0.0136. The van der Waals surface area contributed by atoms with E-state index in [1.165, 1.54) is 0 Å². The largest absolute Gasteiger partial charge is 0.432 e. The van der Waals surface area contributed by atoms with Gasteiger partial charge in [-0.3, -0.25) is 9.59 Å². The molecule has 0 aromatic carbocycles. The number of amides is 3. The topological polar surface area (TPSA) is 82.2 Å². The van der Waals surface area contributed by atoms with Gasteiger partial charge in [0.1, 0.15) is 0 Å². The number of imide groups is 1. The Hall–Kier alpha value is -1.67. The fourth-order valence-corrected chi connectivity index (χ4v) is 2.80. The number of hydrogen-bond donors (Lipinski definition) is 1. The number of likely N-dealkylation sites (tertiary alicyclic amines) is 1. The molecule has 2 saturated heterocycles. The number of rotatable bonds is 5. The molecule has 8 heteroatoms. The third-order valence-corrected chi connectivity index (χ3v) is 4.19. The lowest BCUT2D eigenvalue weighted by molar-refractivity contribution is -0.171. The van der Waals surface area contributed by atoms with Gasteiger partial charge in [-0.15, -0.1) is 5.06 Å². The summed E-state index contributed by atoms with van der Waals surface area (Å²) < 4.78 is 0. The predicted molar refractivity (Wildman–Crippen MR) is 83.3 cm³/mol. The van der Waals surface area contributed by atoms with Gasteiger partial charge < -0.3 is 20.0 Å². The average Bonchev–Trinajstić information content (AvgIpc) is 2.70. The Kier molecular flexibility index (Phi) is 6.35. The van der Waals surface area contributed by atoms with Crippen LogP contribution in [0, 0.1) is 0 Å². The molecule has 0 radical (unpaired) electrons. The average molecular weight is 326 g/mol. The van der Waals surface area contributed by atoms with Gasteiger partial charge >= 0.3 is 6.09 Å². The number of nitrogens with one attached hydrogen (secondary N) is 1. The maximum atomic E-state index is 11.9. The Morgan fingerprint density at radius 1 is 1.22 bits per heavy atom. The van der Waals surface area contributed by atoms with Crippen molar-refractivity contribution in [2.75, 3.05) is 40.3 Å². The molecule has 1 atom stereocenters. The van der Waals surface area contributed by atoms with Gasteiger partial charge in [0.2, 0.25) is 0 Å². The first-order valence-electron chi connectivity index (χ1n) is 8.17. The van der Waals surface area contributed by atoms with Crippen molar-refractivity contribution in [1.82, 2.24) is 20.2 Å². The van der Waals surface area contributed by atoms with Gasteiger partial charge in [-0.1, -0.05) is 0 Å². The molecule has 2 aliphatic rings. The molecule has 2 rings (SSSR count). The number of hydrogen-bond acceptors (Lipinski definition) is 6. The second kappa shape index (κ2) is 8.26. The van der Waals surface area contributed by atoms with Crippen LogP contribution < -0.4 is 5.32 Å². The normalized spacial score (nSPS) is 23.3. The van der Waals surface area contributed by atoms with E-state index in [0.29, 0.717) is 5.06 Å². The van der Waals surface area contributed by atoms with Gasteiger partial charge in [0.25, 0.3) is 11.8 Å². The molecule has 0 unspecified atom stereocenters. The summed E-state index contributed by atoms with van der Waals surface area (Å²) in [6.45, 7) is 3.96. The van der Waals surface area contributed by atoms with E-state index in [2.05, 4.69) is 29.2 Å². The molecular formula is C15H26N4O4. The van der Waals surface area contributed by atoms with Crippen LogP contribution in [0.2, 0.25) is 0 Å². The zero-order valence-corrected chi connectivity index (χ0v) is 13.9. The van der Waals surface area contributed by atoms with Crippen LogP contribution in [0.4, 0.5) is 4.79 Å². The lowest BCUT2D eigenvalue weighted by Crippen LogP contribution is -2.41. The van der Waals surface area contributed by atoms with Gasteiger partial charge in [-0.25, -0.2) is 4.79 Å². The van der Waals surface area contributed by atoms with E-state index in [1.54, 1.807) is 0 Å². The smallest absolute Gasteiger partial charge is 0.317 e. The summed E-state index contributed by atoms with van der Waals surface area (Å²) in [5, 5.41) is 3.35. The Balaban J connectivity index is 1.74. The molecule has 0 aliphatic carbocycles. The van der Waals surface area contributed by atoms with Crippen LogP contribution >= 0.6 is 0 Å². The summed E-state index contributed by atoms with van der Waals surface area (Å²) in [7, 11) is 4.11. The molecule has 0 aromatic heterocycles. The van der Waals surface area contributed by atoms with Gasteiger partial charge in [0.15, 0.2) is 0 Å². The van der Waals surface area contributed by atoms with Gasteiger partial charge in [-0.05, 0) is 39.9 Å². The van der Waals surface area contributed by atoms with Crippen molar-refractivity contribution in [3.63, 3.8) is 0 Å². The molecule has 0 aromatic rings. The van der Waals surface area contributed by atoms with E-state index >= 15 is 0 Å². The summed E-state index contributed by atoms with van der Waals surface area (Å²) in [5.74, 6) is -0.915. The van der Waals surface area contributed by atoms with Crippen molar-refractivity contribution < 1.29 is 19.2 Å². The molecule has 3 amide bonds. The van der Waals surface area contributed by atoms with Gasteiger partial charge in [0.05, 0.1) is 0 Å². The highest BCUT2D eigenvalue weighted by molar-refractivity contribution is 6.01. The van der Waals surface area contributed by atoms with Crippen molar-refractivity contribution in [3.05, 3.63) is 0 Å². The first-order valence-corrected chi connectivity index (χ1v) is 8.17. The van der Waals surface area contributed by atoms with E-state index in [9.17, 15) is 14.4 Å². The van der Waals surface area contributed by atoms with Crippen LogP contribution in [-0.2, 0) is 14.4 Å². The minimum atomic E-state index is -0.722. The zero-order valence-electron chi connectivity index (χ0n) is 13.9. The van der Waals surface area contributed by atoms with Gasteiger partial charge in [-0.2, -0.15) is 0 Å². The molecule has 2 heterocycles. The Morgan fingerprint density at radius 3 is 2.57 bits per heavy atom. The fraction of sp³-hybridized carbons (Fsp3) is 0.800. The molecule has 1 N–H and O–H groups in total. The first-order chi connectivity index (χ1) is 11.0. The lowest BCUT2D eigenvalue weighted by Gasteiger charge is -2.22. The monoisotopic (exact) mass is 326 g/mol. The van der Waals surface area contributed by atoms with Gasteiger partial charge in [0, 0.05) is 38.5 Å². The molecular weight excluding hydrogens is 300 g/mol. The fourth-order valence-electron chi connectivity index (χ4n) is 2.80. The number of likely N-dealkylation sites (N-methyl/N-ethyl adjacent to an activating group) is 1. The van der Waals surface area contributed by atoms with E-state index in [1.807, 2.05) is 0 Å². The number of hydroxylamine groups is 2. The molecule has 130 valence electrons. The van der Waals surface area contributed by atoms with E-state index in [0.717, 1.165) is 45.4 Å². The standard InChI is InChI=1S/C15H26N4O4/c1-17(2)10-11-18-8-3-4-12(7-9-18)16-15(22)23-19-13(20)5-6-14(19)21/h12H,3-11H2,1-2H3,(H,16,22)/t12-/m0/s1. The minimum Gasteiger partial charge on any atom is -0.317 e. The van der Waals surface area contributed by atoms with Crippen LogP contribution in [-0.4, -0.2) is 79.1 Å². The van der Waals surface area contributed by atoms with Crippen molar-refractivity contribution in [2.45, 2.75) is 38.1 Å². The Morgan fingerprint density at radius 2 is 1.91 bits per heavy atom. The summed E-state index contributed by atoms with van der Waals surface area (Å²) in [5.41, 5.74) is 0. The molecule has 0 spiro atoms. The van der Waals surface area contributed by atoms with Crippen molar-refractivity contribution >= 4 is 17.9 Å². The van der Waals surface area contributed by atoms with Crippen LogP contribution in [0.1, 0.15) is 32.1 Å². The maximum absolute atomic E-state index is 11.9. The molecule has 0 saturated carbocycles. The number of carbonyl (C=O) groups excluding carboxylic acids is 3. The highest BCUT2D eigenvalue weighted by Crippen LogP contribution is 2.14. The molecule has 8 nitrogen and oxygen atoms in total. The lowest BCUT2D eigenvalue weighted by atomic mass is 10.1. The third-order valence-electron chi connectivity index (χ3n) is 4.19. The molecule has 0 bridgehead atoms. The van der Waals surface area contributed by atoms with Crippen LogP contribution in [0.15, 0.2) is 0 Å². The van der Waals surface area contributed by atoms with Crippen LogP contribution in [0.3, 0.4) is 0 Å². The van der Waals surface area contributed by atoms with E-state index in [-0.39, 0.29) is 18.9 Å². The summed E-state index contributed by atoms with van der Waals surface area (Å²) in [6, 6.07) is 0.0136. The summed E-state index contributed by atoms with van der Waals surface area (Å²) >= 11 is 0. The highest BCUT2D eigenvalue weighted by atomic mass is 16.7. The summed E-state index contributed by atoms with van der Waals surface area (Å²) in [6.07, 6.45) is 2.20. The van der Waals surface area contributed by atoms with Crippen molar-refractivity contribution in [1.29, 1.82) is 0 Å².